The number of fused-ring (bicyclic) bond motifs is 1. The number of benzene rings is 3. The van der Waals surface area contributed by atoms with Crippen molar-refractivity contribution in [2.75, 3.05) is 34.3 Å². The van der Waals surface area contributed by atoms with Crippen LogP contribution >= 0.6 is 0 Å². The highest BCUT2D eigenvalue weighted by Gasteiger charge is 2.29. The molecular formula is C27H26N4O6S. The number of primary amides is 1. The molecular weight excluding hydrogens is 508 g/mol. The molecule has 0 aromatic heterocycles. The van der Waals surface area contributed by atoms with Crippen LogP contribution in [0.15, 0.2) is 72.8 Å². The Morgan fingerprint density at radius 2 is 1.68 bits per heavy atom. The van der Waals surface area contributed by atoms with Crippen molar-refractivity contribution >= 4 is 56.1 Å². The first-order valence-corrected chi connectivity index (χ1v) is 13.5. The van der Waals surface area contributed by atoms with Crippen LogP contribution < -0.4 is 20.7 Å². The molecule has 0 unspecified atom stereocenters. The third-order valence-corrected chi connectivity index (χ3v) is 6.85. The third kappa shape index (κ3) is 5.68. The molecule has 2 amide bonds. The number of ether oxygens (including phenoxy) is 1. The number of rotatable bonds is 9. The SMILES string of the molecule is CCOC(=O)c1ccc2c(c1)NC(=O)/C2=C(\Nc1ccc(N(CC(N)=O)S(C)(=O)=O)cc1)c1ccccc1. The largest absolute Gasteiger partial charge is 0.462 e. The number of nitrogens with one attached hydrogen (secondary N) is 2. The predicted molar refractivity (Wildman–Crippen MR) is 146 cm³/mol. The van der Waals surface area contributed by atoms with Gasteiger partial charge in [0.25, 0.3) is 5.91 Å². The minimum Gasteiger partial charge on any atom is -0.462 e. The Morgan fingerprint density at radius 3 is 2.29 bits per heavy atom. The molecule has 196 valence electrons. The van der Waals surface area contributed by atoms with E-state index < -0.39 is 28.4 Å². The van der Waals surface area contributed by atoms with Crippen LogP contribution in [0.1, 0.15) is 28.4 Å². The fourth-order valence-corrected chi connectivity index (χ4v) is 4.91. The Labute approximate surface area is 220 Å². The fourth-order valence-electron chi connectivity index (χ4n) is 4.04. The van der Waals surface area contributed by atoms with Gasteiger partial charge in [-0.25, -0.2) is 13.2 Å². The number of esters is 1. The van der Waals surface area contributed by atoms with E-state index in [0.29, 0.717) is 33.8 Å². The molecule has 0 radical (unpaired) electrons. The number of hydrogen-bond acceptors (Lipinski definition) is 7. The monoisotopic (exact) mass is 534 g/mol. The zero-order valence-corrected chi connectivity index (χ0v) is 21.5. The second kappa shape index (κ2) is 10.8. The lowest BCUT2D eigenvalue weighted by Gasteiger charge is -2.21. The van der Waals surface area contributed by atoms with Gasteiger partial charge in [-0.15, -0.1) is 0 Å². The summed E-state index contributed by atoms with van der Waals surface area (Å²) >= 11 is 0. The van der Waals surface area contributed by atoms with Gasteiger partial charge in [-0.3, -0.25) is 13.9 Å². The van der Waals surface area contributed by atoms with Crippen LogP contribution in [0.5, 0.6) is 0 Å². The second-order valence-electron chi connectivity index (χ2n) is 8.46. The summed E-state index contributed by atoms with van der Waals surface area (Å²) in [6.45, 7) is 1.46. The van der Waals surface area contributed by atoms with Gasteiger partial charge in [0.15, 0.2) is 0 Å². The minimum absolute atomic E-state index is 0.235. The molecule has 0 atom stereocenters. The first-order chi connectivity index (χ1) is 18.1. The number of hydrogen-bond donors (Lipinski definition) is 3. The van der Waals surface area contributed by atoms with Crippen molar-refractivity contribution in [3.05, 3.63) is 89.5 Å². The fraction of sp³-hybridized carbons (Fsp3) is 0.148. The Morgan fingerprint density at radius 1 is 1.00 bits per heavy atom. The van der Waals surface area contributed by atoms with E-state index in [2.05, 4.69) is 10.6 Å². The molecule has 38 heavy (non-hydrogen) atoms. The number of amides is 2. The maximum Gasteiger partial charge on any atom is 0.338 e. The number of sulfonamides is 1. The van der Waals surface area contributed by atoms with Crippen molar-refractivity contribution in [1.82, 2.24) is 0 Å². The average molecular weight is 535 g/mol. The minimum atomic E-state index is -3.74. The summed E-state index contributed by atoms with van der Waals surface area (Å²) in [5.41, 5.74) is 9.08. The zero-order valence-electron chi connectivity index (χ0n) is 20.7. The van der Waals surface area contributed by atoms with Gasteiger partial charge < -0.3 is 21.1 Å². The van der Waals surface area contributed by atoms with Gasteiger partial charge in [-0.1, -0.05) is 36.4 Å². The summed E-state index contributed by atoms with van der Waals surface area (Å²) in [5.74, 6) is -1.62. The summed E-state index contributed by atoms with van der Waals surface area (Å²) < 4.78 is 30.3. The Hall–Kier alpha value is -4.64. The molecule has 1 aliphatic rings. The summed E-state index contributed by atoms with van der Waals surface area (Å²) in [7, 11) is -3.74. The number of carbonyl (C=O) groups is 3. The van der Waals surface area contributed by atoms with Gasteiger partial charge in [-0.2, -0.15) is 0 Å². The summed E-state index contributed by atoms with van der Waals surface area (Å²) in [6.07, 6.45) is 0.990. The van der Waals surface area contributed by atoms with E-state index in [1.165, 1.54) is 12.1 Å². The summed E-state index contributed by atoms with van der Waals surface area (Å²) in [6, 6.07) is 20.4. The van der Waals surface area contributed by atoms with Crippen molar-refractivity contribution in [2.45, 2.75) is 6.92 Å². The van der Waals surface area contributed by atoms with Crippen LogP contribution in [0.3, 0.4) is 0 Å². The lowest BCUT2D eigenvalue weighted by atomic mass is 9.99. The van der Waals surface area contributed by atoms with E-state index in [1.54, 1.807) is 37.3 Å². The van der Waals surface area contributed by atoms with Crippen LogP contribution in [0.4, 0.5) is 17.1 Å². The number of nitrogens with two attached hydrogens (primary N) is 1. The molecule has 0 aliphatic carbocycles. The van der Waals surface area contributed by atoms with Crippen LogP contribution in [-0.2, 0) is 24.3 Å². The Kier molecular flexibility index (Phi) is 7.49. The van der Waals surface area contributed by atoms with Crippen molar-refractivity contribution in [2.24, 2.45) is 5.73 Å². The first-order valence-electron chi connectivity index (χ1n) is 11.6. The van der Waals surface area contributed by atoms with E-state index in [4.69, 9.17) is 10.5 Å². The van der Waals surface area contributed by atoms with Crippen LogP contribution in [0, 0.1) is 0 Å². The van der Waals surface area contributed by atoms with Crippen LogP contribution in [0.25, 0.3) is 11.3 Å². The molecule has 0 saturated heterocycles. The molecule has 3 aromatic carbocycles. The van der Waals surface area contributed by atoms with Crippen LogP contribution in [0.2, 0.25) is 0 Å². The smallest absolute Gasteiger partial charge is 0.338 e. The van der Waals surface area contributed by atoms with Gasteiger partial charge in [0, 0.05) is 11.3 Å². The highest BCUT2D eigenvalue weighted by atomic mass is 32.2. The topological polar surface area (TPSA) is 148 Å². The van der Waals surface area contributed by atoms with Gasteiger partial charge in [0.1, 0.15) is 6.54 Å². The van der Waals surface area contributed by atoms with Crippen molar-refractivity contribution in [1.29, 1.82) is 0 Å². The number of nitrogens with zero attached hydrogens (tertiary/aromatic N) is 1. The molecule has 0 fully saturated rings. The zero-order chi connectivity index (χ0) is 27.4. The second-order valence-corrected chi connectivity index (χ2v) is 10.4. The quantitative estimate of drug-likeness (QED) is 0.282. The van der Waals surface area contributed by atoms with E-state index >= 15 is 0 Å². The lowest BCUT2D eigenvalue weighted by molar-refractivity contribution is -0.116. The number of anilines is 3. The van der Waals surface area contributed by atoms with E-state index in [1.807, 2.05) is 30.3 Å². The van der Waals surface area contributed by atoms with Crippen molar-refractivity contribution in [3.63, 3.8) is 0 Å². The highest BCUT2D eigenvalue weighted by Crippen LogP contribution is 2.38. The third-order valence-electron chi connectivity index (χ3n) is 5.71. The summed E-state index contributed by atoms with van der Waals surface area (Å²) in [5, 5.41) is 6.10. The first kappa shape index (κ1) is 26.4. The normalized spacial score (nSPS) is 13.8. The van der Waals surface area contributed by atoms with Gasteiger partial charge in [0.2, 0.25) is 15.9 Å². The van der Waals surface area contributed by atoms with E-state index in [0.717, 1.165) is 16.1 Å². The lowest BCUT2D eigenvalue weighted by Crippen LogP contribution is -2.37. The molecule has 11 heteroatoms. The average Bonchev–Trinajstić information content (AvgIpc) is 3.21. The molecule has 1 heterocycles. The Balaban J connectivity index is 1.75. The van der Waals surface area contributed by atoms with Gasteiger partial charge in [0.05, 0.1) is 41.1 Å². The Bertz CT molecular complexity index is 1530. The molecule has 4 rings (SSSR count). The van der Waals surface area contributed by atoms with Gasteiger partial charge in [-0.05, 0) is 48.9 Å². The highest BCUT2D eigenvalue weighted by molar-refractivity contribution is 7.92. The van der Waals surface area contributed by atoms with E-state index in [-0.39, 0.29) is 18.2 Å². The summed E-state index contributed by atoms with van der Waals surface area (Å²) in [4.78, 5) is 36.7. The molecule has 10 nitrogen and oxygen atoms in total. The van der Waals surface area contributed by atoms with Gasteiger partial charge >= 0.3 is 5.97 Å². The van der Waals surface area contributed by atoms with E-state index in [9.17, 15) is 22.8 Å². The maximum absolute atomic E-state index is 13.2. The maximum atomic E-state index is 13.2. The molecule has 0 spiro atoms. The molecule has 4 N–H and O–H groups in total. The number of carbonyl (C=O) groups excluding carboxylic acids is 3. The van der Waals surface area contributed by atoms with Crippen molar-refractivity contribution < 1.29 is 27.5 Å². The molecule has 1 aliphatic heterocycles. The standard InChI is InChI=1S/C27H26N4O6S/c1-3-37-27(34)18-9-14-21-22(15-18)30-26(33)24(21)25(17-7-5-4-6-8-17)29-19-10-12-20(13-11-19)31(16-23(28)32)38(2,35)36/h4-15,29H,3,16H2,1-2H3,(H2,28,32)(H,30,33)/b25-24-. The molecule has 3 aromatic rings. The molecule has 0 bridgehead atoms. The van der Waals surface area contributed by atoms with Crippen molar-refractivity contribution in [3.8, 4) is 0 Å². The van der Waals surface area contributed by atoms with Crippen LogP contribution in [-0.4, -0.2) is 45.6 Å². The predicted octanol–water partition coefficient (Wildman–Crippen LogP) is 3.05. The molecule has 0 saturated carbocycles.